The number of halogens is 1. The first-order valence-corrected chi connectivity index (χ1v) is 28.7. The molecule has 452 valence electrons. The van der Waals surface area contributed by atoms with Gasteiger partial charge in [-0.2, -0.15) is 0 Å². The third-order valence-corrected chi connectivity index (χ3v) is 14.0. The molecule has 1 N–H and O–H groups in total. The minimum Gasteiger partial charge on any atom is -0.484 e. The highest BCUT2D eigenvalue weighted by atomic mass is 35.5. The van der Waals surface area contributed by atoms with Crippen LogP contribution in [0.5, 0.6) is 17.2 Å². The van der Waals surface area contributed by atoms with Crippen LogP contribution < -0.4 is 36.4 Å². The summed E-state index contributed by atoms with van der Waals surface area (Å²) in [5, 5.41) is 5.28. The number of furan rings is 1. The molecule has 88 heavy (non-hydrogen) atoms. The van der Waals surface area contributed by atoms with Gasteiger partial charge in [0.05, 0.1) is 30.4 Å². The predicted molar refractivity (Wildman–Crippen MR) is 332 cm³/mol. The van der Waals surface area contributed by atoms with E-state index in [9.17, 15) is 33.6 Å². The largest absolute Gasteiger partial charge is 0.484 e. The molecule has 5 heterocycles. The van der Waals surface area contributed by atoms with Gasteiger partial charge in [-0.05, 0) is 123 Å². The van der Waals surface area contributed by atoms with Crippen LogP contribution in [0.4, 0.5) is 0 Å². The molecule has 1 aliphatic heterocycles. The molecule has 10 aromatic rings. The van der Waals surface area contributed by atoms with Gasteiger partial charge in [0, 0.05) is 65.6 Å². The summed E-state index contributed by atoms with van der Waals surface area (Å²) >= 11 is 6.42. The normalized spacial score (nSPS) is 13.2. The van der Waals surface area contributed by atoms with E-state index in [2.05, 4.69) is 5.32 Å². The molecule has 2 atom stereocenters. The molecule has 1 saturated heterocycles. The Kier molecular flexibility index (Phi) is 20.4. The molecule has 19 heteroatoms. The molecule has 2 amide bonds. The van der Waals surface area contributed by atoms with Crippen molar-refractivity contribution in [3.63, 3.8) is 0 Å². The Bertz CT molecular complexity index is 4250. The van der Waals surface area contributed by atoms with Crippen LogP contribution in [0.1, 0.15) is 53.2 Å². The number of fused-ring (bicyclic) bond motifs is 3. The van der Waals surface area contributed by atoms with Gasteiger partial charge in [-0.3, -0.25) is 14.4 Å². The van der Waals surface area contributed by atoms with Gasteiger partial charge < -0.3 is 51.6 Å². The molecule has 0 radical (unpaired) electrons. The molecule has 1 fully saturated rings. The maximum Gasteiger partial charge on any atom is 0.344 e. The number of benzene rings is 6. The molecule has 0 spiro atoms. The molecule has 0 bridgehead atoms. The van der Waals surface area contributed by atoms with Crippen molar-refractivity contribution in [3.8, 4) is 50.6 Å². The molecule has 0 aliphatic carbocycles. The highest BCUT2D eigenvalue weighted by molar-refractivity contribution is 6.33. The van der Waals surface area contributed by atoms with Crippen molar-refractivity contribution in [1.29, 1.82) is 0 Å². The topological polar surface area (TPSA) is 233 Å². The highest BCUT2D eigenvalue weighted by Gasteiger charge is 2.30. The molecular weight excluding hydrogens is 1150 g/mol. The van der Waals surface area contributed by atoms with Crippen molar-refractivity contribution in [2.24, 2.45) is 5.92 Å². The zero-order valence-corrected chi connectivity index (χ0v) is 49.7. The first-order chi connectivity index (χ1) is 42.4. The number of hydrogen-bond donors (Lipinski definition) is 1. The van der Waals surface area contributed by atoms with E-state index in [1.54, 1.807) is 82.0 Å². The molecule has 4 aromatic heterocycles. The fraction of sp³-hybridized carbons (Fsp3) is 0.232. The summed E-state index contributed by atoms with van der Waals surface area (Å²) in [5.74, 6) is 0.198. The van der Waals surface area contributed by atoms with Gasteiger partial charge >= 0.3 is 28.8 Å². The second-order valence-electron chi connectivity index (χ2n) is 21.3. The van der Waals surface area contributed by atoms with E-state index in [1.165, 1.54) is 30.5 Å². The zero-order chi connectivity index (χ0) is 62.3. The summed E-state index contributed by atoms with van der Waals surface area (Å²) in [6.07, 6.45) is 2.18. The quantitative estimate of drug-likeness (QED) is 0.0699. The lowest BCUT2D eigenvalue weighted by Gasteiger charge is -2.31. The molecule has 0 saturated carbocycles. The van der Waals surface area contributed by atoms with E-state index in [-0.39, 0.29) is 49.2 Å². The van der Waals surface area contributed by atoms with E-state index in [4.69, 9.17) is 53.0 Å². The van der Waals surface area contributed by atoms with Crippen molar-refractivity contribution in [2.45, 2.75) is 65.7 Å². The van der Waals surface area contributed by atoms with Crippen molar-refractivity contribution in [3.05, 3.63) is 218 Å². The van der Waals surface area contributed by atoms with Crippen molar-refractivity contribution in [1.82, 2.24) is 10.2 Å². The number of esters is 2. The Morgan fingerprint density at radius 1 is 0.636 bits per heavy atom. The van der Waals surface area contributed by atoms with Crippen LogP contribution >= 0.6 is 11.6 Å². The average molecular weight is 1210 g/mol. The third-order valence-electron chi connectivity index (χ3n) is 13.7. The monoisotopic (exact) mass is 1210 g/mol. The summed E-state index contributed by atoms with van der Waals surface area (Å²) in [5.41, 5.74) is 4.13. The van der Waals surface area contributed by atoms with Crippen molar-refractivity contribution in [2.75, 3.05) is 32.9 Å². The van der Waals surface area contributed by atoms with E-state index in [1.807, 2.05) is 103 Å². The number of nitrogens with one attached hydrogen (secondary N) is 1. The Morgan fingerprint density at radius 3 is 1.65 bits per heavy atom. The zero-order valence-electron chi connectivity index (χ0n) is 48.9. The number of carbonyl (C=O) groups excluding carboxylic acids is 4. The minimum atomic E-state index is -0.820. The van der Waals surface area contributed by atoms with Crippen LogP contribution in [0.15, 0.2) is 208 Å². The van der Waals surface area contributed by atoms with Crippen LogP contribution in [-0.2, 0) is 35.2 Å². The Labute approximate surface area is 510 Å². The van der Waals surface area contributed by atoms with Gasteiger partial charge in [0.2, 0.25) is 0 Å². The van der Waals surface area contributed by atoms with E-state index >= 15 is 0 Å². The van der Waals surface area contributed by atoms with Gasteiger partial charge in [-0.1, -0.05) is 103 Å². The van der Waals surface area contributed by atoms with Crippen molar-refractivity contribution >= 4 is 68.3 Å². The first kappa shape index (κ1) is 62.3. The second-order valence-corrected chi connectivity index (χ2v) is 21.7. The predicted octanol–water partition coefficient (Wildman–Crippen LogP) is 12.6. The molecule has 2 unspecified atom stereocenters. The van der Waals surface area contributed by atoms with Gasteiger partial charge in [-0.15, -0.1) is 0 Å². The van der Waals surface area contributed by atoms with Gasteiger partial charge in [-0.25, -0.2) is 19.2 Å². The van der Waals surface area contributed by atoms with E-state index in [0.717, 1.165) is 51.4 Å². The summed E-state index contributed by atoms with van der Waals surface area (Å²) < 4.78 is 48.4. The number of carbonyl (C=O) groups is 4. The maximum atomic E-state index is 12.6. The summed E-state index contributed by atoms with van der Waals surface area (Å²) in [7, 11) is 0. The number of piperidine rings is 1. The number of hydrogen-bond acceptors (Lipinski definition) is 16. The summed E-state index contributed by atoms with van der Waals surface area (Å²) in [6.45, 7) is 9.88. The number of amides is 2. The second kappa shape index (κ2) is 28.8. The lowest BCUT2D eigenvalue weighted by atomic mass is 9.98. The summed E-state index contributed by atoms with van der Waals surface area (Å²) in [6, 6.07) is 50.1. The Balaban J connectivity index is 0.000000158. The number of likely N-dealkylation sites (tertiary alicyclic amines) is 1. The van der Waals surface area contributed by atoms with Crippen LogP contribution in [0.25, 0.3) is 66.3 Å². The lowest BCUT2D eigenvalue weighted by molar-refractivity contribution is -0.157. The Hall–Kier alpha value is -10.2. The molecule has 18 nitrogen and oxygen atoms in total. The van der Waals surface area contributed by atoms with E-state index in [0.29, 0.717) is 69.7 Å². The molecule has 1 aliphatic rings. The van der Waals surface area contributed by atoms with Crippen LogP contribution in [0.3, 0.4) is 0 Å². The maximum absolute atomic E-state index is 12.6. The lowest BCUT2D eigenvalue weighted by Crippen LogP contribution is -2.44. The third kappa shape index (κ3) is 16.6. The Morgan fingerprint density at radius 2 is 1.15 bits per heavy atom. The van der Waals surface area contributed by atoms with Gasteiger partial charge in [0.15, 0.2) is 19.3 Å². The van der Waals surface area contributed by atoms with Gasteiger partial charge in [0.1, 0.15) is 45.4 Å². The minimum absolute atomic E-state index is 0.163. The standard InChI is InChI=1S/C25H25NO6.C23H18ClNO5.C21H20O5/c1-2-30-25(29)18-9-6-12-26(15-18)23(27)16-31-19-10-11-20-21(17-7-4-3-5-8-17)14-24(28)32-22(20)13-19;1-14(23(27)25-13-16-8-5-9-28-16)29-21-12-20-18(10-19(21)24)17(11-22(26)30-20)15-6-3-2-4-7-15;1-21(2,3)26-20(23)13-24-15-9-10-16-17(14-7-5-4-6-8-14)12-19(22)25-18(16)11-15/h3-5,7-8,10-11,13-14,18H,2,6,9,12,15-16H2,1H3;2-12,14H,13H2,1H3,(H,25,27);4-12H,13H2,1-3H3. The molecule has 11 rings (SSSR count). The number of nitrogens with zero attached hydrogens (tertiary/aromatic N) is 1. The SMILES string of the molecule is CC(C)(C)OC(=O)COc1ccc2c(-c3ccccc3)cc(=O)oc2c1.CC(Oc1cc2oc(=O)cc(-c3ccccc3)c2cc1Cl)C(=O)NCc1ccco1.CCOC(=O)C1CCCN(C(=O)COc2ccc3c(-c4ccccc4)cc(=O)oc3c2)C1. The molecular formula is C69H63ClN2O16. The van der Waals surface area contributed by atoms with Gasteiger partial charge in [0.25, 0.3) is 11.8 Å². The number of rotatable bonds is 16. The highest BCUT2D eigenvalue weighted by Crippen LogP contribution is 2.36. The van der Waals surface area contributed by atoms with Crippen LogP contribution in [-0.4, -0.2) is 73.3 Å². The van der Waals surface area contributed by atoms with Crippen molar-refractivity contribution < 1.29 is 60.5 Å². The fourth-order valence-electron chi connectivity index (χ4n) is 9.67. The van der Waals surface area contributed by atoms with Crippen LogP contribution in [0.2, 0.25) is 5.02 Å². The smallest absolute Gasteiger partial charge is 0.344 e. The fourth-order valence-corrected chi connectivity index (χ4v) is 9.88. The van der Waals surface area contributed by atoms with Crippen LogP contribution in [0, 0.1) is 5.92 Å². The first-order valence-electron chi connectivity index (χ1n) is 28.4. The number of ether oxygens (including phenoxy) is 5. The molecule has 6 aromatic carbocycles. The average Bonchev–Trinajstić information content (AvgIpc) is 3.44. The van der Waals surface area contributed by atoms with E-state index < -0.39 is 34.6 Å². The summed E-state index contributed by atoms with van der Waals surface area (Å²) in [4.78, 5) is 86.5.